The van der Waals surface area contributed by atoms with Gasteiger partial charge in [0.1, 0.15) is 11.7 Å². The molecule has 0 radical (unpaired) electrons. The lowest BCUT2D eigenvalue weighted by atomic mass is 10.2. The molecule has 0 bridgehead atoms. The second-order valence-electron chi connectivity index (χ2n) is 4.56. The molecule has 120 valence electrons. The van der Waals surface area contributed by atoms with Crippen molar-refractivity contribution in [3.63, 3.8) is 0 Å². The maximum absolute atomic E-state index is 7.58. The predicted octanol–water partition coefficient (Wildman–Crippen LogP) is 1.45. The highest BCUT2D eigenvalue weighted by Gasteiger charge is 2.13. The van der Waals surface area contributed by atoms with E-state index in [1.807, 2.05) is 13.0 Å². The summed E-state index contributed by atoms with van der Waals surface area (Å²) in [6, 6.07) is 3.58. The van der Waals surface area contributed by atoms with E-state index >= 15 is 0 Å². The molecule has 0 aromatic carbocycles. The maximum atomic E-state index is 7.58. The van der Waals surface area contributed by atoms with E-state index in [0.29, 0.717) is 29.4 Å². The van der Waals surface area contributed by atoms with Gasteiger partial charge in [0.05, 0.1) is 5.56 Å². The van der Waals surface area contributed by atoms with Gasteiger partial charge in [-0.2, -0.15) is 9.97 Å². The lowest BCUT2D eigenvalue weighted by molar-refractivity contribution is 1.11. The molecule has 2 aromatic heterocycles. The number of pyridine rings is 1. The third-order valence-corrected chi connectivity index (χ3v) is 3.17. The SMILES string of the molecule is Cc1ncccc1C(N)=Nc1nc(N)nc(NCCCl)c1C=N. The van der Waals surface area contributed by atoms with Crippen molar-refractivity contribution in [1.82, 2.24) is 15.0 Å². The first kappa shape index (κ1) is 16.6. The topological polar surface area (TPSA) is 139 Å². The van der Waals surface area contributed by atoms with E-state index in [0.717, 1.165) is 11.9 Å². The lowest BCUT2D eigenvalue weighted by Crippen LogP contribution is -2.16. The molecule has 0 atom stereocenters. The van der Waals surface area contributed by atoms with Crippen molar-refractivity contribution in [2.75, 3.05) is 23.5 Å². The quantitative estimate of drug-likeness (QED) is 0.358. The first-order valence-corrected chi connectivity index (χ1v) is 7.34. The molecule has 2 rings (SSSR count). The van der Waals surface area contributed by atoms with Crippen LogP contribution in [0.15, 0.2) is 23.3 Å². The molecule has 23 heavy (non-hydrogen) atoms. The van der Waals surface area contributed by atoms with Crippen molar-refractivity contribution in [2.24, 2.45) is 10.7 Å². The zero-order valence-corrected chi connectivity index (χ0v) is 13.3. The number of alkyl halides is 1. The predicted molar refractivity (Wildman–Crippen MR) is 92.9 cm³/mol. The van der Waals surface area contributed by atoms with Gasteiger partial charge < -0.3 is 22.2 Å². The van der Waals surface area contributed by atoms with Crippen LogP contribution in [0.5, 0.6) is 0 Å². The number of amidine groups is 1. The Labute approximate surface area is 138 Å². The van der Waals surface area contributed by atoms with E-state index in [1.54, 1.807) is 12.3 Å². The summed E-state index contributed by atoms with van der Waals surface area (Å²) in [5.41, 5.74) is 13.6. The minimum Gasteiger partial charge on any atom is -0.383 e. The Hall–Kier alpha value is -2.74. The van der Waals surface area contributed by atoms with Crippen LogP contribution in [0.4, 0.5) is 17.6 Å². The van der Waals surface area contributed by atoms with Gasteiger partial charge in [0.2, 0.25) is 5.95 Å². The summed E-state index contributed by atoms with van der Waals surface area (Å²) in [4.78, 5) is 16.6. The molecule has 0 aliphatic carbocycles. The third-order valence-electron chi connectivity index (χ3n) is 2.98. The van der Waals surface area contributed by atoms with Crippen molar-refractivity contribution in [2.45, 2.75) is 6.92 Å². The molecule has 0 fully saturated rings. The number of nitrogens with one attached hydrogen (secondary N) is 2. The molecular formula is C14H17ClN8. The van der Waals surface area contributed by atoms with Crippen molar-refractivity contribution in [1.29, 1.82) is 5.41 Å². The monoisotopic (exact) mass is 332 g/mol. The number of nitrogens with two attached hydrogens (primary N) is 2. The van der Waals surface area contributed by atoms with Crippen LogP contribution in [-0.4, -0.2) is 39.4 Å². The number of anilines is 2. The molecule has 2 aromatic rings. The van der Waals surface area contributed by atoms with Gasteiger partial charge in [-0.05, 0) is 19.1 Å². The Morgan fingerprint density at radius 3 is 2.91 bits per heavy atom. The van der Waals surface area contributed by atoms with Gasteiger partial charge in [0.15, 0.2) is 5.82 Å². The molecule has 0 unspecified atom stereocenters. The summed E-state index contributed by atoms with van der Waals surface area (Å²) >= 11 is 5.66. The van der Waals surface area contributed by atoms with E-state index in [1.165, 1.54) is 0 Å². The van der Waals surface area contributed by atoms with E-state index in [-0.39, 0.29) is 17.6 Å². The second-order valence-corrected chi connectivity index (χ2v) is 4.94. The summed E-state index contributed by atoms with van der Waals surface area (Å²) in [5.74, 6) is 1.26. The molecule has 0 amide bonds. The third kappa shape index (κ3) is 3.92. The molecule has 2 heterocycles. The van der Waals surface area contributed by atoms with Crippen LogP contribution in [0.25, 0.3) is 0 Å². The Morgan fingerprint density at radius 1 is 1.48 bits per heavy atom. The van der Waals surface area contributed by atoms with Crippen molar-refractivity contribution >= 4 is 41.2 Å². The van der Waals surface area contributed by atoms with Gasteiger partial charge in [-0.15, -0.1) is 11.6 Å². The van der Waals surface area contributed by atoms with Crippen LogP contribution in [0.2, 0.25) is 0 Å². The standard InChI is InChI=1S/C14H17ClN8/c1-8-9(3-2-5-19-8)11(17)21-13-10(7-16)12(20-6-4-15)22-14(18)23-13/h2-3,5,7,16H,4,6H2,1H3,(H5,17,18,20,21,22,23). The summed E-state index contributed by atoms with van der Waals surface area (Å²) in [6.45, 7) is 2.30. The van der Waals surface area contributed by atoms with E-state index in [9.17, 15) is 0 Å². The fourth-order valence-corrected chi connectivity index (χ4v) is 2.02. The van der Waals surface area contributed by atoms with Crippen molar-refractivity contribution in [3.05, 3.63) is 35.2 Å². The van der Waals surface area contributed by atoms with Gasteiger partial charge in [-0.25, -0.2) is 4.99 Å². The average molecular weight is 333 g/mol. The highest BCUT2D eigenvalue weighted by Crippen LogP contribution is 2.23. The lowest BCUT2D eigenvalue weighted by Gasteiger charge is -2.10. The molecule has 8 nitrogen and oxygen atoms in total. The minimum absolute atomic E-state index is 0.0298. The zero-order chi connectivity index (χ0) is 16.8. The highest BCUT2D eigenvalue weighted by atomic mass is 35.5. The largest absolute Gasteiger partial charge is 0.383 e. The zero-order valence-electron chi connectivity index (χ0n) is 12.5. The molecule has 0 saturated heterocycles. The Balaban J connectivity index is 2.50. The smallest absolute Gasteiger partial charge is 0.224 e. The van der Waals surface area contributed by atoms with Gasteiger partial charge in [0.25, 0.3) is 0 Å². The normalized spacial score (nSPS) is 11.3. The summed E-state index contributed by atoms with van der Waals surface area (Å²) < 4.78 is 0. The number of nitrogen functional groups attached to an aromatic ring is 1. The average Bonchev–Trinajstić information content (AvgIpc) is 2.53. The van der Waals surface area contributed by atoms with Crippen molar-refractivity contribution < 1.29 is 0 Å². The minimum atomic E-state index is 0.0298. The van der Waals surface area contributed by atoms with Crippen LogP contribution in [0.1, 0.15) is 16.8 Å². The van der Waals surface area contributed by atoms with Crippen LogP contribution in [0.3, 0.4) is 0 Å². The molecular weight excluding hydrogens is 316 g/mol. The number of hydrogen-bond acceptors (Lipinski definition) is 7. The maximum Gasteiger partial charge on any atom is 0.224 e. The number of hydrogen-bond donors (Lipinski definition) is 4. The summed E-state index contributed by atoms with van der Waals surface area (Å²) in [7, 11) is 0. The van der Waals surface area contributed by atoms with E-state index < -0.39 is 0 Å². The number of rotatable bonds is 6. The van der Waals surface area contributed by atoms with Gasteiger partial charge in [-0.1, -0.05) is 0 Å². The molecule has 9 heteroatoms. The molecule has 6 N–H and O–H groups in total. The summed E-state index contributed by atoms with van der Waals surface area (Å²) in [5, 5.41) is 10.6. The van der Waals surface area contributed by atoms with Gasteiger partial charge in [-0.3, -0.25) is 4.98 Å². The highest BCUT2D eigenvalue weighted by molar-refractivity contribution is 6.18. The number of aryl methyl sites for hydroxylation is 1. The Morgan fingerprint density at radius 2 is 2.26 bits per heavy atom. The first-order chi connectivity index (χ1) is 11.1. The Kier molecular flexibility index (Phi) is 5.42. The summed E-state index contributed by atoms with van der Waals surface area (Å²) in [6.07, 6.45) is 2.77. The second kappa shape index (κ2) is 7.50. The molecule has 0 spiro atoms. The van der Waals surface area contributed by atoms with E-state index in [4.69, 9.17) is 28.5 Å². The fourth-order valence-electron chi connectivity index (χ4n) is 1.92. The van der Waals surface area contributed by atoms with Crippen LogP contribution in [0, 0.1) is 12.3 Å². The first-order valence-electron chi connectivity index (χ1n) is 6.80. The number of nitrogens with zero attached hydrogens (tertiary/aromatic N) is 4. The molecule has 0 saturated carbocycles. The van der Waals surface area contributed by atoms with Crippen molar-refractivity contribution in [3.8, 4) is 0 Å². The molecule has 0 aliphatic heterocycles. The van der Waals surface area contributed by atoms with Gasteiger partial charge >= 0.3 is 0 Å². The molecule has 0 aliphatic rings. The van der Waals surface area contributed by atoms with Crippen LogP contribution < -0.4 is 16.8 Å². The number of aliphatic imine (C=N–C) groups is 1. The van der Waals surface area contributed by atoms with E-state index in [2.05, 4.69) is 25.3 Å². The van der Waals surface area contributed by atoms with Crippen LogP contribution >= 0.6 is 11.6 Å². The van der Waals surface area contributed by atoms with Crippen LogP contribution in [-0.2, 0) is 0 Å². The van der Waals surface area contributed by atoms with Gasteiger partial charge in [0, 0.05) is 36.1 Å². The Bertz CT molecular complexity index is 744. The fraction of sp³-hybridized carbons (Fsp3) is 0.214. The number of aromatic nitrogens is 3. The number of halogens is 1.